The fraction of sp³-hybridized carbons (Fsp3) is 0.625. The van der Waals surface area contributed by atoms with Gasteiger partial charge in [0, 0.05) is 25.7 Å². The summed E-state index contributed by atoms with van der Waals surface area (Å²) >= 11 is 1.83. The first-order chi connectivity index (χ1) is 9.47. The molecule has 0 aliphatic carbocycles. The van der Waals surface area contributed by atoms with Crippen LogP contribution in [0.4, 0.5) is 10.1 Å². The maximum atomic E-state index is 14.2. The van der Waals surface area contributed by atoms with Crippen LogP contribution >= 0.6 is 11.8 Å². The molecule has 1 unspecified atom stereocenters. The van der Waals surface area contributed by atoms with Gasteiger partial charge in [0.2, 0.25) is 0 Å². The Morgan fingerprint density at radius 2 is 2.00 bits per heavy atom. The molecular formula is C16H27FN2S. The Morgan fingerprint density at radius 1 is 1.30 bits per heavy atom. The number of nitrogens with one attached hydrogen (secondary N) is 1. The van der Waals surface area contributed by atoms with Crippen molar-refractivity contribution in [3.05, 3.63) is 29.6 Å². The number of thioether (sulfide) groups is 1. The van der Waals surface area contributed by atoms with Crippen LogP contribution in [0.3, 0.4) is 0 Å². The van der Waals surface area contributed by atoms with Gasteiger partial charge in [0.05, 0.1) is 5.69 Å². The summed E-state index contributed by atoms with van der Waals surface area (Å²) in [6.07, 6.45) is 3.16. The second-order valence-electron chi connectivity index (χ2n) is 5.52. The predicted octanol–water partition coefficient (Wildman–Crippen LogP) is 3.90. The summed E-state index contributed by atoms with van der Waals surface area (Å²) in [6.45, 7) is 7.06. The first kappa shape index (κ1) is 17.3. The van der Waals surface area contributed by atoms with Crippen LogP contribution in [0.2, 0.25) is 0 Å². The summed E-state index contributed by atoms with van der Waals surface area (Å²) in [5, 5.41) is 3.37. The van der Waals surface area contributed by atoms with Crippen molar-refractivity contribution in [2.45, 2.75) is 45.8 Å². The van der Waals surface area contributed by atoms with Crippen molar-refractivity contribution in [2.75, 3.05) is 24.0 Å². The molecule has 1 rings (SSSR count). The molecule has 2 nitrogen and oxygen atoms in total. The fourth-order valence-corrected chi connectivity index (χ4v) is 2.69. The molecule has 20 heavy (non-hydrogen) atoms. The molecule has 0 fully saturated rings. The van der Waals surface area contributed by atoms with E-state index in [0.717, 1.165) is 23.4 Å². The van der Waals surface area contributed by atoms with Crippen molar-refractivity contribution in [3.63, 3.8) is 0 Å². The molecule has 0 amide bonds. The van der Waals surface area contributed by atoms with Crippen LogP contribution in [-0.4, -0.2) is 31.1 Å². The topological polar surface area (TPSA) is 15.3 Å². The van der Waals surface area contributed by atoms with E-state index < -0.39 is 0 Å². The number of rotatable bonds is 8. The second kappa shape index (κ2) is 8.53. The number of para-hydroxylation sites is 1. The smallest absolute Gasteiger partial charge is 0.146 e. The van der Waals surface area contributed by atoms with Crippen LogP contribution in [-0.2, 0) is 6.54 Å². The number of halogens is 1. The highest BCUT2D eigenvalue weighted by Crippen LogP contribution is 2.26. The van der Waals surface area contributed by atoms with Crippen LogP contribution in [0.1, 0.15) is 32.8 Å². The lowest BCUT2D eigenvalue weighted by atomic mass is 10.1. The zero-order valence-corrected chi connectivity index (χ0v) is 14.1. The van der Waals surface area contributed by atoms with Gasteiger partial charge < -0.3 is 10.2 Å². The highest BCUT2D eigenvalue weighted by atomic mass is 32.2. The minimum Gasteiger partial charge on any atom is -0.369 e. The van der Waals surface area contributed by atoms with E-state index in [4.69, 9.17) is 0 Å². The van der Waals surface area contributed by atoms with Gasteiger partial charge in [0.1, 0.15) is 5.82 Å². The predicted molar refractivity (Wildman–Crippen MR) is 89.2 cm³/mol. The van der Waals surface area contributed by atoms with Crippen LogP contribution in [0, 0.1) is 5.82 Å². The summed E-state index contributed by atoms with van der Waals surface area (Å²) < 4.78 is 14.2. The molecule has 1 aromatic carbocycles. The number of nitrogens with zero attached hydrogens (tertiary/aromatic N) is 1. The standard InChI is InChI=1S/C16H27FN2S/c1-12(2)18-11-14-7-6-8-15(17)16(14)19(4)13(3)9-10-20-5/h6-8,12-13,18H,9-11H2,1-5H3. The molecule has 1 aromatic rings. The van der Waals surface area contributed by atoms with Crippen molar-refractivity contribution in [1.29, 1.82) is 0 Å². The summed E-state index contributed by atoms with van der Waals surface area (Å²) in [7, 11) is 1.99. The monoisotopic (exact) mass is 298 g/mol. The number of anilines is 1. The average molecular weight is 298 g/mol. The third-order valence-electron chi connectivity index (χ3n) is 3.52. The van der Waals surface area contributed by atoms with Gasteiger partial charge in [-0.25, -0.2) is 4.39 Å². The van der Waals surface area contributed by atoms with Crippen molar-refractivity contribution < 1.29 is 4.39 Å². The highest BCUT2D eigenvalue weighted by molar-refractivity contribution is 7.98. The molecule has 1 N–H and O–H groups in total. The minimum absolute atomic E-state index is 0.133. The van der Waals surface area contributed by atoms with Crippen LogP contribution in [0.15, 0.2) is 18.2 Å². The molecule has 1 atom stereocenters. The molecule has 0 saturated carbocycles. The SMILES string of the molecule is CSCCC(C)N(C)c1c(F)cccc1CNC(C)C. The van der Waals surface area contributed by atoms with Crippen molar-refractivity contribution >= 4 is 17.4 Å². The Balaban J connectivity index is 2.90. The normalized spacial score (nSPS) is 12.8. The van der Waals surface area contributed by atoms with Gasteiger partial charge in [-0.3, -0.25) is 0 Å². The van der Waals surface area contributed by atoms with Gasteiger partial charge in [0.15, 0.2) is 0 Å². The Bertz CT molecular complexity index is 409. The lowest BCUT2D eigenvalue weighted by Crippen LogP contribution is -2.32. The van der Waals surface area contributed by atoms with E-state index in [1.54, 1.807) is 12.1 Å². The zero-order valence-electron chi connectivity index (χ0n) is 13.2. The van der Waals surface area contributed by atoms with Gasteiger partial charge in [0.25, 0.3) is 0 Å². The van der Waals surface area contributed by atoms with Gasteiger partial charge >= 0.3 is 0 Å². The van der Waals surface area contributed by atoms with Gasteiger partial charge in [-0.15, -0.1) is 0 Å². The van der Waals surface area contributed by atoms with Crippen LogP contribution in [0.25, 0.3) is 0 Å². The largest absolute Gasteiger partial charge is 0.369 e. The molecule has 0 radical (unpaired) electrons. The molecule has 0 aliphatic heterocycles. The summed E-state index contributed by atoms with van der Waals surface area (Å²) in [5.41, 5.74) is 1.76. The first-order valence-electron chi connectivity index (χ1n) is 7.20. The van der Waals surface area contributed by atoms with Gasteiger partial charge in [-0.1, -0.05) is 26.0 Å². The van der Waals surface area contributed by atoms with Gasteiger partial charge in [-0.2, -0.15) is 11.8 Å². The minimum atomic E-state index is -0.133. The third kappa shape index (κ3) is 4.98. The molecular weight excluding hydrogens is 271 g/mol. The summed E-state index contributed by atoms with van der Waals surface area (Å²) in [5.74, 6) is 0.964. The van der Waals surface area contributed by atoms with Crippen molar-refractivity contribution in [3.8, 4) is 0 Å². The quantitative estimate of drug-likeness (QED) is 0.783. The molecule has 0 aromatic heterocycles. The molecule has 114 valence electrons. The van der Waals surface area contributed by atoms with E-state index in [2.05, 4.69) is 37.2 Å². The molecule has 0 spiro atoms. The van der Waals surface area contributed by atoms with Crippen molar-refractivity contribution in [1.82, 2.24) is 5.32 Å². The average Bonchev–Trinajstić information content (AvgIpc) is 2.41. The third-order valence-corrected chi connectivity index (χ3v) is 4.17. The van der Waals surface area contributed by atoms with E-state index in [1.807, 2.05) is 24.9 Å². The van der Waals surface area contributed by atoms with Crippen LogP contribution in [0.5, 0.6) is 0 Å². The van der Waals surface area contributed by atoms with Gasteiger partial charge in [-0.05, 0) is 37.0 Å². The fourth-order valence-electron chi connectivity index (χ4n) is 2.11. The molecule has 4 heteroatoms. The van der Waals surface area contributed by atoms with Crippen molar-refractivity contribution in [2.24, 2.45) is 0 Å². The Kier molecular flexibility index (Phi) is 7.38. The summed E-state index contributed by atoms with van der Waals surface area (Å²) in [6, 6.07) is 6.07. The molecule has 0 heterocycles. The first-order valence-corrected chi connectivity index (χ1v) is 8.59. The number of hydrogen-bond donors (Lipinski definition) is 1. The Morgan fingerprint density at radius 3 is 2.60 bits per heavy atom. The second-order valence-corrected chi connectivity index (χ2v) is 6.51. The summed E-state index contributed by atoms with van der Waals surface area (Å²) in [4.78, 5) is 2.07. The molecule has 0 bridgehead atoms. The van der Waals surface area contributed by atoms with E-state index in [9.17, 15) is 4.39 Å². The lowest BCUT2D eigenvalue weighted by molar-refractivity contribution is 0.571. The number of benzene rings is 1. The molecule has 0 saturated heterocycles. The maximum Gasteiger partial charge on any atom is 0.146 e. The van der Waals surface area contributed by atoms with E-state index in [1.165, 1.54) is 0 Å². The van der Waals surface area contributed by atoms with E-state index in [-0.39, 0.29) is 5.82 Å². The van der Waals surface area contributed by atoms with E-state index in [0.29, 0.717) is 18.6 Å². The van der Waals surface area contributed by atoms with E-state index >= 15 is 0 Å². The zero-order chi connectivity index (χ0) is 15.1. The van der Waals surface area contributed by atoms with Crippen LogP contribution < -0.4 is 10.2 Å². The Hall–Kier alpha value is -0.740. The lowest BCUT2D eigenvalue weighted by Gasteiger charge is -2.29. The number of hydrogen-bond acceptors (Lipinski definition) is 3. The highest BCUT2D eigenvalue weighted by Gasteiger charge is 2.17. The molecule has 0 aliphatic rings. The Labute approximate surface area is 127 Å². The maximum absolute atomic E-state index is 14.2.